The Morgan fingerprint density at radius 1 is 1.13 bits per heavy atom. The molecule has 2 N–H and O–H groups in total. The second-order valence-electron chi connectivity index (χ2n) is 5.14. The topological polar surface area (TPSA) is 74.3 Å². The summed E-state index contributed by atoms with van der Waals surface area (Å²) >= 11 is 0. The predicted octanol–water partition coefficient (Wildman–Crippen LogP) is 2.60. The number of carbonyl (C=O) groups is 1. The van der Waals surface area contributed by atoms with Crippen LogP contribution in [0.5, 0.6) is 0 Å². The molecule has 0 saturated heterocycles. The normalized spacial score (nSPS) is 11.0. The SMILES string of the molecule is Cc1cccc2c(=O)c(C(=O)N/N=C/c3ccccc3)c[nH]c12. The summed E-state index contributed by atoms with van der Waals surface area (Å²) in [6.45, 7) is 1.90. The molecule has 3 aromatic rings. The molecule has 5 nitrogen and oxygen atoms in total. The number of benzene rings is 2. The van der Waals surface area contributed by atoms with Gasteiger partial charge in [0, 0.05) is 11.6 Å². The Hall–Kier alpha value is -3.21. The van der Waals surface area contributed by atoms with Crippen LogP contribution in [0.2, 0.25) is 0 Å². The van der Waals surface area contributed by atoms with Crippen LogP contribution in [0.25, 0.3) is 10.9 Å². The zero-order valence-electron chi connectivity index (χ0n) is 12.5. The Morgan fingerprint density at radius 2 is 1.91 bits per heavy atom. The molecule has 0 atom stereocenters. The number of rotatable bonds is 3. The lowest BCUT2D eigenvalue weighted by atomic mass is 10.1. The number of hydrazone groups is 1. The molecule has 0 fully saturated rings. The summed E-state index contributed by atoms with van der Waals surface area (Å²) in [5.74, 6) is -0.540. The average molecular weight is 305 g/mol. The molecule has 23 heavy (non-hydrogen) atoms. The molecule has 114 valence electrons. The van der Waals surface area contributed by atoms with Crippen molar-refractivity contribution in [3.05, 3.63) is 81.6 Å². The number of H-pyrrole nitrogens is 1. The van der Waals surface area contributed by atoms with E-state index in [0.717, 1.165) is 16.6 Å². The first kappa shape index (κ1) is 14.7. The van der Waals surface area contributed by atoms with E-state index in [0.29, 0.717) is 5.39 Å². The van der Waals surface area contributed by atoms with Crippen molar-refractivity contribution in [3.8, 4) is 0 Å². The molecule has 0 unspecified atom stereocenters. The summed E-state index contributed by atoms with van der Waals surface area (Å²) in [7, 11) is 0. The fraction of sp³-hybridized carbons (Fsp3) is 0.0556. The van der Waals surface area contributed by atoms with Crippen molar-refractivity contribution < 1.29 is 4.79 Å². The molecular formula is C18H15N3O2. The number of fused-ring (bicyclic) bond motifs is 1. The highest BCUT2D eigenvalue weighted by Crippen LogP contribution is 2.12. The number of pyridine rings is 1. The van der Waals surface area contributed by atoms with Gasteiger partial charge in [0.25, 0.3) is 5.91 Å². The van der Waals surface area contributed by atoms with Gasteiger partial charge in [0.05, 0.1) is 11.7 Å². The van der Waals surface area contributed by atoms with Gasteiger partial charge in [0.2, 0.25) is 5.43 Å². The van der Waals surface area contributed by atoms with Gasteiger partial charge in [-0.2, -0.15) is 5.10 Å². The van der Waals surface area contributed by atoms with Gasteiger partial charge in [-0.1, -0.05) is 42.5 Å². The van der Waals surface area contributed by atoms with E-state index in [4.69, 9.17) is 0 Å². The number of hydrogen-bond donors (Lipinski definition) is 2. The summed E-state index contributed by atoms with van der Waals surface area (Å²) in [5, 5.41) is 4.37. The zero-order valence-corrected chi connectivity index (χ0v) is 12.5. The van der Waals surface area contributed by atoms with Crippen molar-refractivity contribution in [1.29, 1.82) is 0 Å². The molecule has 0 aliphatic heterocycles. The molecular weight excluding hydrogens is 290 g/mol. The second kappa shape index (κ2) is 6.27. The molecule has 0 aliphatic carbocycles. The van der Waals surface area contributed by atoms with Gasteiger partial charge < -0.3 is 4.98 Å². The van der Waals surface area contributed by atoms with Crippen LogP contribution in [0.15, 0.2) is 64.6 Å². The summed E-state index contributed by atoms with van der Waals surface area (Å²) in [5.41, 5.74) is 4.65. The van der Waals surface area contributed by atoms with E-state index in [1.807, 2.05) is 43.3 Å². The fourth-order valence-corrected chi connectivity index (χ4v) is 2.34. The van der Waals surface area contributed by atoms with E-state index < -0.39 is 5.91 Å². The molecule has 1 heterocycles. The first-order valence-electron chi connectivity index (χ1n) is 7.16. The number of aromatic amines is 1. The number of nitrogens with one attached hydrogen (secondary N) is 2. The predicted molar refractivity (Wildman–Crippen MR) is 90.8 cm³/mol. The Morgan fingerprint density at radius 3 is 2.70 bits per heavy atom. The third kappa shape index (κ3) is 3.03. The molecule has 1 aromatic heterocycles. The van der Waals surface area contributed by atoms with Gasteiger partial charge in [0.1, 0.15) is 5.56 Å². The number of nitrogens with zero attached hydrogens (tertiary/aromatic N) is 1. The number of aromatic nitrogens is 1. The molecule has 1 amide bonds. The molecule has 0 spiro atoms. The maximum Gasteiger partial charge on any atom is 0.276 e. The Kier molecular flexibility index (Phi) is 4.01. The molecule has 0 radical (unpaired) electrons. The smallest absolute Gasteiger partial charge is 0.276 e. The van der Waals surface area contributed by atoms with Crippen molar-refractivity contribution in [3.63, 3.8) is 0 Å². The van der Waals surface area contributed by atoms with Gasteiger partial charge in [-0.25, -0.2) is 5.43 Å². The van der Waals surface area contributed by atoms with Crippen molar-refractivity contribution in [2.75, 3.05) is 0 Å². The van der Waals surface area contributed by atoms with E-state index in [1.54, 1.807) is 12.1 Å². The number of carbonyl (C=O) groups excluding carboxylic acids is 1. The summed E-state index contributed by atoms with van der Waals surface area (Å²) in [4.78, 5) is 27.6. The lowest BCUT2D eigenvalue weighted by Crippen LogP contribution is -2.25. The van der Waals surface area contributed by atoms with Crippen LogP contribution < -0.4 is 10.9 Å². The first-order valence-corrected chi connectivity index (χ1v) is 7.16. The minimum Gasteiger partial charge on any atom is -0.360 e. The van der Waals surface area contributed by atoms with Gasteiger partial charge in [-0.05, 0) is 24.1 Å². The third-order valence-electron chi connectivity index (χ3n) is 3.55. The highest BCUT2D eigenvalue weighted by Gasteiger charge is 2.12. The quantitative estimate of drug-likeness (QED) is 0.576. The molecule has 0 aliphatic rings. The monoisotopic (exact) mass is 305 g/mol. The number of aryl methyl sites for hydroxylation is 1. The van der Waals surface area contributed by atoms with Crippen LogP contribution in [0.3, 0.4) is 0 Å². The second-order valence-corrected chi connectivity index (χ2v) is 5.14. The van der Waals surface area contributed by atoms with E-state index >= 15 is 0 Å². The van der Waals surface area contributed by atoms with Crippen molar-refractivity contribution in [2.24, 2.45) is 5.10 Å². The fourth-order valence-electron chi connectivity index (χ4n) is 2.34. The third-order valence-corrected chi connectivity index (χ3v) is 3.55. The molecule has 5 heteroatoms. The van der Waals surface area contributed by atoms with E-state index in [-0.39, 0.29) is 11.0 Å². The molecule has 0 bridgehead atoms. The Bertz CT molecular complexity index is 943. The minimum atomic E-state index is -0.540. The number of hydrogen-bond acceptors (Lipinski definition) is 3. The van der Waals surface area contributed by atoms with Gasteiger partial charge in [-0.3, -0.25) is 9.59 Å². The van der Waals surface area contributed by atoms with Crippen LogP contribution in [-0.4, -0.2) is 17.1 Å². The maximum absolute atomic E-state index is 12.4. The van der Waals surface area contributed by atoms with Crippen LogP contribution >= 0.6 is 0 Å². The summed E-state index contributed by atoms with van der Waals surface area (Å²) in [6.07, 6.45) is 2.95. The highest BCUT2D eigenvalue weighted by molar-refractivity contribution is 5.97. The van der Waals surface area contributed by atoms with Crippen molar-refractivity contribution in [2.45, 2.75) is 6.92 Å². The number of para-hydroxylation sites is 1. The summed E-state index contributed by atoms with van der Waals surface area (Å²) < 4.78 is 0. The van der Waals surface area contributed by atoms with Crippen molar-refractivity contribution >= 4 is 23.0 Å². The largest absolute Gasteiger partial charge is 0.360 e. The van der Waals surface area contributed by atoms with Crippen LogP contribution in [0, 0.1) is 6.92 Å². The highest BCUT2D eigenvalue weighted by atomic mass is 16.2. The van der Waals surface area contributed by atoms with E-state index in [2.05, 4.69) is 15.5 Å². The van der Waals surface area contributed by atoms with Crippen LogP contribution in [-0.2, 0) is 0 Å². The Labute approximate surface area is 132 Å². The zero-order chi connectivity index (χ0) is 16.2. The minimum absolute atomic E-state index is 0.0355. The summed E-state index contributed by atoms with van der Waals surface area (Å²) in [6, 6.07) is 14.8. The van der Waals surface area contributed by atoms with Gasteiger partial charge >= 0.3 is 0 Å². The van der Waals surface area contributed by atoms with E-state index in [9.17, 15) is 9.59 Å². The Balaban J connectivity index is 1.86. The standard InChI is InChI=1S/C18H15N3O2/c1-12-6-5-9-14-16(12)19-11-15(17(14)22)18(23)21-20-10-13-7-3-2-4-8-13/h2-11H,1H3,(H,19,22)(H,21,23)/b20-10+. The van der Waals surface area contributed by atoms with Gasteiger partial charge in [-0.15, -0.1) is 0 Å². The first-order chi connectivity index (χ1) is 11.2. The average Bonchev–Trinajstić information content (AvgIpc) is 2.57. The molecule has 0 saturated carbocycles. The lowest BCUT2D eigenvalue weighted by Gasteiger charge is -2.04. The van der Waals surface area contributed by atoms with Crippen LogP contribution in [0.1, 0.15) is 21.5 Å². The van der Waals surface area contributed by atoms with Gasteiger partial charge in [0.15, 0.2) is 0 Å². The number of amides is 1. The maximum atomic E-state index is 12.4. The van der Waals surface area contributed by atoms with Crippen LogP contribution in [0.4, 0.5) is 0 Å². The van der Waals surface area contributed by atoms with E-state index in [1.165, 1.54) is 12.4 Å². The molecule has 2 aromatic carbocycles. The van der Waals surface area contributed by atoms with Crippen molar-refractivity contribution in [1.82, 2.24) is 10.4 Å². The lowest BCUT2D eigenvalue weighted by molar-refractivity contribution is 0.0954. The molecule has 3 rings (SSSR count).